The number of carbonyl (C=O) groups is 1. The number of nitrogens with zero attached hydrogens (tertiary/aromatic N) is 1. The van der Waals surface area contributed by atoms with Crippen molar-refractivity contribution in [1.82, 2.24) is 0 Å². The van der Waals surface area contributed by atoms with Crippen LogP contribution in [0.25, 0.3) is 11.1 Å². The van der Waals surface area contributed by atoms with Crippen LogP contribution >= 0.6 is 11.3 Å². The summed E-state index contributed by atoms with van der Waals surface area (Å²) < 4.78 is 14.0. The van der Waals surface area contributed by atoms with Crippen LogP contribution in [0, 0.1) is 24.1 Å². The third kappa shape index (κ3) is 4.79. The normalized spacial score (nSPS) is 11.5. The van der Waals surface area contributed by atoms with Gasteiger partial charge < -0.3 is 10.6 Å². The van der Waals surface area contributed by atoms with Crippen molar-refractivity contribution in [1.29, 1.82) is 5.26 Å². The van der Waals surface area contributed by atoms with Gasteiger partial charge in [-0.3, -0.25) is 4.79 Å². The van der Waals surface area contributed by atoms with Crippen molar-refractivity contribution in [2.75, 3.05) is 10.6 Å². The smallest absolute Gasteiger partial charge is 0.256 e. The Morgan fingerprint density at radius 1 is 1.06 bits per heavy atom. The van der Waals surface area contributed by atoms with Crippen molar-refractivity contribution in [3.8, 4) is 17.2 Å². The quantitative estimate of drug-likeness (QED) is 0.324. The molecular weight excluding hydrogens is 433 g/mol. The van der Waals surface area contributed by atoms with E-state index in [1.807, 2.05) is 73.1 Å². The van der Waals surface area contributed by atoms with Crippen LogP contribution in [0.3, 0.4) is 0 Å². The van der Waals surface area contributed by atoms with E-state index in [1.54, 1.807) is 18.2 Å². The van der Waals surface area contributed by atoms with E-state index < -0.39 is 5.82 Å². The van der Waals surface area contributed by atoms with E-state index in [1.165, 1.54) is 17.4 Å². The summed E-state index contributed by atoms with van der Waals surface area (Å²) in [6, 6.07) is 21.9. The average molecular weight is 456 g/mol. The topological polar surface area (TPSA) is 64.9 Å². The monoisotopic (exact) mass is 455 g/mol. The molecule has 0 saturated heterocycles. The fraction of sp³-hybridized carbons (Fsp3) is 0.111. The highest BCUT2D eigenvalue weighted by atomic mass is 32.1. The van der Waals surface area contributed by atoms with Crippen LogP contribution in [0.4, 0.5) is 15.8 Å². The minimum Gasteiger partial charge on any atom is -0.377 e. The van der Waals surface area contributed by atoms with Crippen LogP contribution in [0.15, 0.2) is 77.5 Å². The Balaban J connectivity index is 1.55. The van der Waals surface area contributed by atoms with Gasteiger partial charge in [-0.2, -0.15) is 16.6 Å². The molecule has 0 bridgehead atoms. The van der Waals surface area contributed by atoms with E-state index in [0.717, 1.165) is 28.1 Å². The fourth-order valence-corrected chi connectivity index (χ4v) is 4.32. The van der Waals surface area contributed by atoms with Gasteiger partial charge in [-0.25, -0.2) is 4.39 Å². The molecule has 0 saturated carbocycles. The largest absolute Gasteiger partial charge is 0.377 e. The van der Waals surface area contributed by atoms with E-state index in [2.05, 4.69) is 10.6 Å². The predicted octanol–water partition coefficient (Wildman–Crippen LogP) is 7.16. The molecule has 1 unspecified atom stereocenters. The number of hydrogen-bond donors (Lipinski definition) is 2. The molecule has 6 heteroatoms. The number of benzene rings is 3. The Morgan fingerprint density at radius 2 is 1.82 bits per heavy atom. The van der Waals surface area contributed by atoms with Crippen LogP contribution in [0.5, 0.6) is 0 Å². The third-order valence-corrected chi connectivity index (χ3v) is 6.20. The summed E-state index contributed by atoms with van der Waals surface area (Å²) in [7, 11) is 0. The molecular formula is C27H22FN3OS. The van der Waals surface area contributed by atoms with Gasteiger partial charge in [-0.15, -0.1) is 0 Å². The van der Waals surface area contributed by atoms with Gasteiger partial charge in [0.15, 0.2) is 0 Å². The van der Waals surface area contributed by atoms with Crippen LogP contribution in [-0.4, -0.2) is 5.91 Å². The van der Waals surface area contributed by atoms with Crippen molar-refractivity contribution in [3.05, 3.63) is 106 Å². The molecule has 1 amide bonds. The number of rotatable bonds is 6. The molecule has 0 radical (unpaired) electrons. The highest BCUT2D eigenvalue weighted by Crippen LogP contribution is 2.31. The van der Waals surface area contributed by atoms with Crippen LogP contribution < -0.4 is 10.6 Å². The second-order valence-corrected chi connectivity index (χ2v) is 8.51. The number of carbonyl (C=O) groups excluding carboxylic acids is 1. The van der Waals surface area contributed by atoms with E-state index in [-0.39, 0.29) is 17.5 Å². The van der Waals surface area contributed by atoms with Gasteiger partial charge in [0.1, 0.15) is 11.9 Å². The zero-order valence-corrected chi connectivity index (χ0v) is 19.0. The predicted molar refractivity (Wildman–Crippen MR) is 132 cm³/mol. The van der Waals surface area contributed by atoms with Crippen molar-refractivity contribution in [2.45, 2.75) is 19.9 Å². The van der Waals surface area contributed by atoms with Crippen LogP contribution in [0.1, 0.15) is 40.0 Å². The number of hydrogen-bond acceptors (Lipinski definition) is 4. The number of halogens is 1. The molecule has 4 aromatic rings. The minimum absolute atomic E-state index is 0.0437. The van der Waals surface area contributed by atoms with E-state index in [9.17, 15) is 14.4 Å². The lowest BCUT2D eigenvalue weighted by Gasteiger charge is -2.20. The van der Waals surface area contributed by atoms with Crippen molar-refractivity contribution < 1.29 is 9.18 Å². The van der Waals surface area contributed by atoms with Crippen molar-refractivity contribution in [3.63, 3.8) is 0 Å². The number of nitriles is 1. The molecule has 1 atom stereocenters. The standard InChI is InChI=1S/C27H22FN3OS/c1-17-5-3-8-25(26(17)31-27(32)21-13-14-33-16-21)30-18(2)19-9-11-20(12-10-19)22-6-4-7-24(28)23(22)15-29/h3-14,16,18,30H,1-2H3,(H,31,32). The summed E-state index contributed by atoms with van der Waals surface area (Å²) in [4.78, 5) is 12.6. The van der Waals surface area contributed by atoms with E-state index in [0.29, 0.717) is 11.1 Å². The van der Waals surface area contributed by atoms with Crippen molar-refractivity contribution in [2.24, 2.45) is 0 Å². The molecule has 4 rings (SSSR count). The maximum absolute atomic E-state index is 14.0. The van der Waals surface area contributed by atoms with Gasteiger partial charge in [0.2, 0.25) is 0 Å². The lowest BCUT2D eigenvalue weighted by molar-refractivity contribution is 0.102. The number of aryl methyl sites for hydroxylation is 1. The van der Waals surface area contributed by atoms with Crippen molar-refractivity contribution >= 4 is 28.6 Å². The number of para-hydroxylation sites is 1. The third-order valence-electron chi connectivity index (χ3n) is 5.51. The molecule has 33 heavy (non-hydrogen) atoms. The highest BCUT2D eigenvalue weighted by Gasteiger charge is 2.15. The number of thiophene rings is 1. The van der Waals surface area contributed by atoms with Gasteiger partial charge in [0.05, 0.1) is 22.5 Å². The van der Waals surface area contributed by atoms with Gasteiger partial charge in [-0.1, -0.05) is 48.5 Å². The molecule has 3 aromatic carbocycles. The second-order valence-electron chi connectivity index (χ2n) is 7.73. The number of nitrogens with one attached hydrogen (secondary N) is 2. The van der Waals surface area contributed by atoms with Crippen LogP contribution in [-0.2, 0) is 0 Å². The SMILES string of the molecule is Cc1cccc(NC(C)c2ccc(-c3cccc(F)c3C#N)cc2)c1NC(=O)c1ccsc1. The lowest BCUT2D eigenvalue weighted by atomic mass is 9.97. The summed E-state index contributed by atoms with van der Waals surface area (Å²) in [5.41, 5.74) is 5.58. The first-order valence-electron chi connectivity index (χ1n) is 10.5. The molecule has 0 spiro atoms. The molecule has 0 aliphatic carbocycles. The minimum atomic E-state index is -0.523. The molecule has 4 nitrogen and oxygen atoms in total. The summed E-state index contributed by atoms with van der Waals surface area (Å²) in [6.07, 6.45) is 0. The summed E-state index contributed by atoms with van der Waals surface area (Å²) in [5, 5.41) is 19.5. The maximum atomic E-state index is 14.0. The van der Waals surface area contributed by atoms with Gasteiger partial charge in [0, 0.05) is 17.0 Å². The molecule has 0 fully saturated rings. The second kappa shape index (κ2) is 9.68. The lowest BCUT2D eigenvalue weighted by Crippen LogP contribution is -2.15. The highest BCUT2D eigenvalue weighted by molar-refractivity contribution is 7.08. The van der Waals surface area contributed by atoms with Gasteiger partial charge in [0.25, 0.3) is 5.91 Å². The number of anilines is 2. The summed E-state index contributed by atoms with van der Waals surface area (Å²) in [5.74, 6) is -0.667. The Morgan fingerprint density at radius 3 is 2.52 bits per heavy atom. The van der Waals surface area contributed by atoms with E-state index >= 15 is 0 Å². The fourth-order valence-electron chi connectivity index (χ4n) is 3.68. The molecule has 0 aliphatic heterocycles. The van der Waals surface area contributed by atoms with Crippen LogP contribution in [0.2, 0.25) is 0 Å². The zero-order valence-electron chi connectivity index (χ0n) is 18.2. The Hall–Kier alpha value is -3.95. The number of amides is 1. The van der Waals surface area contributed by atoms with E-state index in [4.69, 9.17) is 0 Å². The van der Waals surface area contributed by atoms with Gasteiger partial charge in [-0.05, 0) is 54.1 Å². The average Bonchev–Trinajstić information content (AvgIpc) is 3.36. The first-order chi connectivity index (χ1) is 16.0. The Labute approximate surface area is 196 Å². The molecule has 1 heterocycles. The first kappa shape index (κ1) is 22.3. The Kier molecular flexibility index (Phi) is 6.53. The van der Waals surface area contributed by atoms with Gasteiger partial charge >= 0.3 is 0 Å². The maximum Gasteiger partial charge on any atom is 0.256 e. The molecule has 0 aliphatic rings. The summed E-state index contributed by atoms with van der Waals surface area (Å²) >= 11 is 1.48. The zero-order chi connectivity index (χ0) is 23.4. The molecule has 2 N–H and O–H groups in total. The Bertz CT molecular complexity index is 1320. The first-order valence-corrected chi connectivity index (χ1v) is 11.4. The molecule has 164 valence electrons. The summed E-state index contributed by atoms with van der Waals surface area (Å²) in [6.45, 7) is 3.99. The molecule has 1 aromatic heterocycles.